The van der Waals surface area contributed by atoms with E-state index in [1.807, 2.05) is 19.2 Å². The molecule has 284 valence electrons. The Morgan fingerprint density at radius 3 is 1.49 bits per heavy atom. The van der Waals surface area contributed by atoms with Crippen molar-refractivity contribution in [2.24, 2.45) is 0 Å². The average Bonchev–Trinajstić information content (AvgIpc) is 3.94. The number of nitrogens with zero attached hydrogens (tertiary/aromatic N) is 2. The van der Waals surface area contributed by atoms with Crippen LogP contribution < -0.4 is 0 Å². The van der Waals surface area contributed by atoms with Gasteiger partial charge in [0.05, 0.1) is 6.42 Å². The van der Waals surface area contributed by atoms with Gasteiger partial charge in [0.15, 0.2) is 0 Å². The maximum absolute atomic E-state index is 12.6. The van der Waals surface area contributed by atoms with Gasteiger partial charge in [0.2, 0.25) is 0 Å². The fraction of sp³-hybridized carbons (Fsp3) is 0.829. The highest BCUT2D eigenvalue weighted by Gasteiger charge is 2.23. The Kier molecular flexibility index (Phi) is 30.2. The van der Waals surface area contributed by atoms with Gasteiger partial charge in [0.25, 0.3) is 0 Å². The average molecular weight is 691 g/mol. The van der Waals surface area contributed by atoms with Crippen molar-refractivity contribution >= 4 is 17.9 Å². The van der Waals surface area contributed by atoms with E-state index in [1.165, 1.54) is 51.4 Å². The Bertz CT molecular complexity index is 820. The zero-order valence-corrected chi connectivity index (χ0v) is 31.9. The van der Waals surface area contributed by atoms with Crippen LogP contribution in [-0.4, -0.2) is 73.9 Å². The molecule has 1 aliphatic heterocycles. The minimum Gasteiger partial charge on any atom is -0.462 e. The van der Waals surface area contributed by atoms with Crippen LogP contribution in [-0.2, 0) is 28.6 Å². The van der Waals surface area contributed by atoms with Crippen LogP contribution in [0.2, 0.25) is 0 Å². The number of esters is 3. The molecule has 0 unspecified atom stereocenters. The summed E-state index contributed by atoms with van der Waals surface area (Å²) in [5.41, 5.74) is 0. The molecule has 1 saturated heterocycles. The topological polar surface area (TPSA) is 85.2 Å². The molecule has 1 rings (SSSR count). The molecular weight excluding hydrogens is 616 g/mol. The molecule has 1 fully saturated rings. The number of rotatable bonds is 35. The molecule has 0 radical (unpaired) electrons. The van der Waals surface area contributed by atoms with Crippen molar-refractivity contribution in [2.75, 3.05) is 39.9 Å². The smallest absolute Gasteiger partial charge is 0.307 e. The van der Waals surface area contributed by atoms with E-state index in [1.54, 1.807) is 0 Å². The number of carbonyl (C=O) groups excluding carboxylic acids is 3. The first-order chi connectivity index (χ1) is 24.0. The van der Waals surface area contributed by atoms with Gasteiger partial charge in [-0.3, -0.25) is 14.4 Å². The van der Waals surface area contributed by atoms with E-state index in [-0.39, 0.29) is 24.0 Å². The fourth-order valence-corrected chi connectivity index (χ4v) is 5.81. The van der Waals surface area contributed by atoms with Crippen LogP contribution in [0.15, 0.2) is 24.3 Å². The van der Waals surface area contributed by atoms with Crippen LogP contribution in [0.3, 0.4) is 0 Å². The molecule has 0 amide bonds. The molecule has 0 bridgehead atoms. The van der Waals surface area contributed by atoms with Crippen LogP contribution in [0.25, 0.3) is 0 Å². The SMILES string of the molecule is CCCCCCC=CCOC(=O)CCCCCCCC(CCCCCCCC(=O)OCC=CCCCCCC)OC(=O)CCN(C)N1CC1. The molecule has 1 aliphatic rings. The quantitative estimate of drug-likeness (QED) is 0.0214. The molecule has 0 atom stereocenters. The summed E-state index contributed by atoms with van der Waals surface area (Å²) in [5.74, 6) is -0.320. The summed E-state index contributed by atoms with van der Waals surface area (Å²) >= 11 is 0. The highest BCUT2D eigenvalue weighted by atomic mass is 16.5. The summed E-state index contributed by atoms with van der Waals surface area (Å²) in [6.07, 6.45) is 33.5. The van der Waals surface area contributed by atoms with Crippen LogP contribution in [0, 0.1) is 0 Å². The minimum atomic E-state index is -0.108. The lowest BCUT2D eigenvalue weighted by Crippen LogP contribution is -2.29. The van der Waals surface area contributed by atoms with Gasteiger partial charge in [-0.05, 0) is 64.2 Å². The maximum Gasteiger partial charge on any atom is 0.307 e. The second-order valence-electron chi connectivity index (χ2n) is 13.8. The van der Waals surface area contributed by atoms with E-state index in [0.717, 1.165) is 103 Å². The highest BCUT2D eigenvalue weighted by molar-refractivity contribution is 5.70. The van der Waals surface area contributed by atoms with E-state index in [0.29, 0.717) is 39.0 Å². The Morgan fingerprint density at radius 1 is 0.571 bits per heavy atom. The van der Waals surface area contributed by atoms with Gasteiger partial charge in [-0.25, -0.2) is 10.0 Å². The second-order valence-corrected chi connectivity index (χ2v) is 13.8. The fourth-order valence-electron chi connectivity index (χ4n) is 5.81. The zero-order chi connectivity index (χ0) is 35.6. The molecule has 8 nitrogen and oxygen atoms in total. The van der Waals surface area contributed by atoms with Crippen LogP contribution in [0.1, 0.15) is 174 Å². The lowest BCUT2D eigenvalue weighted by atomic mass is 10.0. The molecule has 0 saturated carbocycles. The third-order valence-corrected chi connectivity index (χ3v) is 9.12. The molecule has 0 aromatic rings. The predicted octanol–water partition coefficient (Wildman–Crippen LogP) is 10.1. The third-order valence-electron chi connectivity index (χ3n) is 9.12. The van der Waals surface area contributed by atoms with Crippen molar-refractivity contribution in [3.63, 3.8) is 0 Å². The molecule has 0 aromatic carbocycles. The number of carbonyl (C=O) groups is 3. The van der Waals surface area contributed by atoms with Crippen molar-refractivity contribution in [2.45, 2.75) is 180 Å². The summed E-state index contributed by atoms with van der Waals surface area (Å²) in [7, 11) is 2.03. The van der Waals surface area contributed by atoms with Crippen molar-refractivity contribution in [1.29, 1.82) is 0 Å². The molecule has 0 N–H and O–H groups in total. The van der Waals surface area contributed by atoms with Gasteiger partial charge in [0.1, 0.15) is 19.3 Å². The third kappa shape index (κ3) is 30.4. The van der Waals surface area contributed by atoms with Crippen LogP contribution in [0.5, 0.6) is 0 Å². The van der Waals surface area contributed by atoms with Gasteiger partial charge in [-0.15, -0.1) is 0 Å². The molecule has 0 spiro atoms. The number of allylic oxidation sites excluding steroid dienone is 2. The molecule has 0 aliphatic carbocycles. The minimum absolute atomic E-state index is 0.0385. The lowest BCUT2D eigenvalue weighted by Gasteiger charge is -2.20. The number of hydrogen-bond acceptors (Lipinski definition) is 8. The zero-order valence-electron chi connectivity index (χ0n) is 31.9. The normalized spacial score (nSPS) is 13.8. The molecule has 49 heavy (non-hydrogen) atoms. The highest BCUT2D eigenvalue weighted by Crippen LogP contribution is 2.18. The molecule has 8 heteroatoms. The van der Waals surface area contributed by atoms with Gasteiger partial charge in [-0.1, -0.05) is 115 Å². The summed E-state index contributed by atoms with van der Waals surface area (Å²) in [4.78, 5) is 36.7. The molecular formula is C41H74N2O6. The predicted molar refractivity (Wildman–Crippen MR) is 201 cm³/mol. The Hall–Kier alpha value is -2.19. The first-order valence-corrected chi connectivity index (χ1v) is 20.2. The van der Waals surface area contributed by atoms with Gasteiger partial charge < -0.3 is 14.2 Å². The van der Waals surface area contributed by atoms with Crippen molar-refractivity contribution in [3.8, 4) is 0 Å². The Morgan fingerprint density at radius 2 is 1.02 bits per heavy atom. The van der Waals surface area contributed by atoms with E-state index in [9.17, 15) is 14.4 Å². The summed E-state index contributed by atoms with van der Waals surface area (Å²) < 4.78 is 16.6. The maximum atomic E-state index is 12.6. The van der Waals surface area contributed by atoms with E-state index >= 15 is 0 Å². The number of ether oxygens (including phenoxy) is 3. The van der Waals surface area contributed by atoms with E-state index in [4.69, 9.17) is 14.2 Å². The van der Waals surface area contributed by atoms with Gasteiger partial charge >= 0.3 is 17.9 Å². The number of unbranched alkanes of at least 4 members (excludes halogenated alkanes) is 16. The molecule has 0 aromatic heterocycles. The van der Waals surface area contributed by atoms with E-state index < -0.39 is 0 Å². The number of hydrogen-bond donors (Lipinski definition) is 0. The Labute approximate surface area is 300 Å². The summed E-state index contributed by atoms with van der Waals surface area (Å²) in [6.45, 7) is 8.04. The first-order valence-electron chi connectivity index (χ1n) is 20.2. The standard InChI is InChI=1S/C41H74N2O6/c1-4-6-8-10-12-20-26-36-47-39(44)30-24-18-14-16-22-28-38(49-41(46)32-33-42(3)43-34-35-43)29-23-17-15-19-25-31-40(45)48-37-27-21-13-11-9-7-5-2/h20-21,26-27,38H,4-19,22-25,28-37H2,1-3H3. The Balaban J connectivity index is 2.18. The van der Waals surface area contributed by atoms with Crippen LogP contribution in [0.4, 0.5) is 0 Å². The van der Waals surface area contributed by atoms with E-state index in [2.05, 4.69) is 36.0 Å². The monoisotopic (exact) mass is 691 g/mol. The van der Waals surface area contributed by atoms with Crippen molar-refractivity contribution in [1.82, 2.24) is 10.0 Å². The summed E-state index contributed by atoms with van der Waals surface area (Å²) in [6, 6.07) is 0. The van der Waals surface area contributed by atoms with Crippen LogP contribution >= 0.6 is 0 Å². The first kappa shape index (κ1) is 44.8. The number of hydrazine groups is 1. The van der Waals surface area contributed by atoms with Gasteiger partial charge in [0, 0.05) is 39.5 Å². The lowest BCUT2D eigenvalue weighted by molar-refractivity contribution is -0.150. The van der Waals surface area contributed by atoms with Gasteiger partial charge in [-0.2, -0.15) is 0 Å². The van der Waals surface area contributed by atoms with Crippen molar-refractivity contribution < 1.29 is 28.6 Å². The largest absolute Gasteiger partial charge is 0.462 e. The molecule has 1 heterocycles. The second kappa shape index (κ2) is 33.0. The van der Waals surface area contributed by atoms with Crippen molar-refractivity contribution in [3.05, 3.63) is 24.3 Å². The summed E-state index contributed by atoms with van der Waals surface area (Å²) in [5, 5.41) is 4.33.